The van der Waals surface area contributed by atoms with E-state index < -0.39 is 145 Å². The van der Waals surface area contributed by atoms with Gasteiger partial charge in [0.05, 0.1) is 44.1 Å². The monoisotopic (exact) mass is 1260 g/mol. The number of benzene rings is 4. The predicted octanol–water partition coefficient (Wildman–Crippen LogP) is 5.42. The number of amides is 1. The number of aromatic nitrogens is 3. The molecule has 0 bridgehead atoms. The topological polar surface area (TPSA) is 549 Å². The SMILES string of the molecule is CC(=O)Nc1cc(N=Nc2cc(SCCCS(=O)(=O)O)c(N)cc2Nc2nc(NCCS(=O)(=O)O)nc(Nc3cc(S(=O)(=O)O)ccc3S(=O)(=O)O)n2)c(SCCCS(=O)(=O)O)cc1N=Nc1ccc([N+](=O)[O-])cc1S(=O)(=O)O. The minimum absolute atomic E-state index is 0.0325. The van der Waals surface area contributed by atoms with Gasteiger partial charge in [-0.15, -0.1) is 44.0 Å². The van der Waals surface area contributed by atoms with Crippen molar-refractivity contribution in [3.05, 3.63) is 70.8 Å². The Morgan fingerprint density at radius 3 is 1.62 bits per heavy atom. The van der Waals surface area contributed by atoms with Crippen molar-refractivity contribution in [2.75, 3.05) is 62.3 Å². The smallest absolute Gasteiger partial charge is 0.297 e. The summed E-state index contributed by atoms with van der Waals surface area (Å²) in [6.07, 6.45) is -0.261. The molecule has 1 amide bonds. The van der Waals surface area contributed by atoms with E-state index in [0.29, 0.717) is 24.3 Å². The van der Waals surface area contributed by atoms with Crippen LogP contribution in [0.25, 0.3) is 0 Å². The zero-order valence-corrected chi connectivity index (χ0v) is 46.2. The highest BCUT2D eigenvalue weighted by atomic mass is 32.2. The van der Waals surface area contributed by atoms with Crippen molar-refractivity contribution < 1.29 is 87.5 Å². The molecule has 0 fully saturated rings. The third-order valence-corrected chi connectivity index (χ3v) is 16.6. The summed E-state index contributed by atoms with van der Waals surface area (Å²) in [5.41, 5.74) is 3.35. The van der Waals surface area contributed by atoms with Gasteiger partial charge in [-0.3, -0.25) is 42.2 Å². The van der Waals surface area contributed by atoms with Gasteiger partial charge in [-0.25, -0.2) is 0 Å². The van der Waals surface area contributed by atoms with Crippen LogP contribution in [0.2, 0.25) is 0 Å². The number of nitrogens with two attached hydrogens (primary N) is 1. The Morgan fingerprint density at radius 2 is 1.09 bits per heavy atom. The fourth-order valence-electron chi connectivity index (χ4n) is 6.08. The van der Waals surface area contributed by atoms with E-state index in [2.05, 4.69) is 56.7 Å². The minimum atomic E-state index is -5.16. The number of hydrogen-bond acceptors (Lipinski definition) is 28. The Bertz CT molecular complexity index is 3970. The number of nitrogens with one attached hydrogen (secondary N) is 4. The van der Waals surface area contributed by atoms with Crippen molar-refractivity contribution in [1.29, 1.82) is 0 Å². The van der Waals surface area contributed by atoms with Crippen LogP contribution in [-0.4, -0.2) is 139 Å². The lowest BCUT2D eigenvalue weighted by molar-refractivity contribution is -0.385. The van der Waals surface area contributed by atoms with E-state index in [1.165, 1.54) is 24.3 Å². The van der Waals surface area contributed by atoms with E-state index in [-0.39, 0.29) is 68.3 Å². The van der Waals surface area contributed by atoms with Gasteiger partial charge < -0.3 is 27.0 Å². The van der Waals surface area contributed by atoms with Gasteiger partial charge in [0.25, 0.3) is 66.4 Å². The summed E-state index contributed by atoms with van der Waals surface area (Å²) >= 11 is 1.86. The van der Waals surface area contributed by atoms with Gasteiger partial charge in [-0.1, -0.05) is 0 Å². The minimum Gasteiger partial charge on any atom is -0.398 e. The second-order valence-corrected chi connectivity index (χ2v) is 26.8. The molecule has 428 valence electrons. The number of nitrogens with zero attached hydrogens (tertiary/aromatic N) is 8. The van der Waals surface area contributed by atoms with Gasteiger partial charge in [0.1, 0.15) is 32.5 Å². The lowest BCUT2D eigenvalue weighted by Crippen LogP contribution is -2.17. The van der Waals surface area contributed by atoms with E-state index in [1.807, 2.05) is 0 Å². The highest BCUT2D eigenvalue weighted by Gasteiger charge is 2.24. The number of thioether (sulfide) groups is 2. The lowest BCUT2D eigenvalue weighted by atomic mass is 10.2. The molecule has 1 aromatic heterocycles. The molecule has 0 aliphatic carbocycles. The van der Waals surface area contributed by atoms with Gasteiger partial charge in [-0.2, -0.15) is 65.5 Å². The maximum Gasteiger partial charge on any atom is 0.297 e. The van der Waals surface area contributed by atoms with Crippen molar-refractivity contribution in [2.24, 2.45) is 20.5 Å². The number of nitrogen functional groups attached to an aromatic ring is 1. The number of nitro benzene ring substituents is 1. The predicted molar refractivity (Wildman–Crippen MR) is 284 cm³/mol. The van der Waals surface area contributed by atoms with Crippen LogP contribution in [0, 0.1) is 10.1 Å². The van der Waals surface area contributed by atoms with Crippen LogP contribution in [0.1, 0.15) is 19.8 Å². The first kappa shape index (κ1) is 63.2. The molecule has 1 heterocycles. The normalized spacial score (nSPS) is 12.7. The number of hydrogen-bond donors (Lipinski definition) is 11. The molecule has 4 aromatic carbocycles. The fourth-order valence-corrected chi connectivity index (χ4v) is 11.5. The third-order valence-electron chi connectivity index (χ3n) is 9.39. The van der Waals surface area contributed by atoms with Crippen LogP contribution in [0.3, 0.4) is 0 Å². The highest BCUT2D eigenvalue weighted by molar-refractivity contribution is 7.99. The van der Waals surface area contributed by atoms with Gasteiger partial charge in [-0.05, 0) is 72.9 Å². The molecule has 5 aromatic rings. The standard InChI is InChI=1S/C37H41N13O21S8/c1-20(51)40-26-17-29(32(73-10-3-12-75(57,58)59)19-28(26)47-46-24-6-4-21(50(52)53)14-34(24)79(69,70)71)49-48-27-18-31(72-9-2-11-74(54,55)56)23(38)16-25(27)41-36-43-35(39-8-13-76(60,61)62)44-37(45-36)42-30-15-22(77(63,64)65)5-7-33(30)78(66,67)68/h4-7,14-19H,2-3,8-13,38H2,1H3,(H,40,51)(H,54,55,56)(H,57,58,59)(H,60,61,62)(H,63,64,65)(H,66,67,68)(H,69,70,71)(H3,39,41,42,43,44,45). The molecule has 0 unspecified atom stereocenters. The summed E-state index contributed by atoms with van der Waals surface area (Å²) in [7, 11) is -28.8. The van der Waals surface area contributed by atoms with Gasteiger partial charge in [0.15, 0.2) is 0 Å². The molecule has 0 aliphatic heterocycles. The van der Waals surface area contributed by atoms with Crippen molar-refractivity contribution in [1.82, 2.24) is 15.0 Å². The van der Waals surface area contributed by atoms with Crippen molar-refractivity contribution in [3.63, 3.8) is 0 Å². The summed E-state index contributed by atoms with van der Waals surface area (Å²) in [5, 5.41) is 38.0. The van der Waals surface area contributed by atoms with E-state index in [4.69, 9.17) is 5.73 Å². The van der Waals surface area contributed by atoms with E-state index >= 15 is 0 Å². The Kier molecular flexibility index (Phi) is 20.5. The summed E-state index contributed by atoms with van der Waals surface area (Å²) in [5.74, 6) is -4.76. The molecule has 0 saturated heterocycles. The Balaban J connectivity index is 1.71. The number of nitro groups is 1. The number of rotatable bonds is 27. The maximum absolute atomic E-state index is 12.5. The van der Waals surface area contributed by atoms with Crippen LogP contribution in [0.4, 0.5) is 69.0 Å². The Morgan fingerprint density at radius 1 is 0.582 bits per heavy atom. The number of carbonyl (C=O) groups excluding carboxylic acids is 1. The van der Waals surface area contributed by atoms with Gasteiger partial charge in [0, 0.05) is 41.1 Å². The fraction of sp³-hybridized carbons (Fsp3) is 0.243. The average molecular weight is 1260 g/mol. The van der Waals surface area contributed by atoms with E-state index in [1.54, 1.807) is 0 Å². The molecular formula is C37H41N13O21S8. The first-order valence-electron chi connectivity index (χ1n) is 21.2. The van der Waals surface area contributed by atoms with Crippen molar-refractivity contribution in [3.8, 4) is 0 Å². The molecule has 0 atom stereocenters. The quantitative estimate of drug-likeness (QED) is 0.00594. The summed E-state index contributed by atoms with van der Waals surface area (Å²) < 4.78 is 200. The average Bonchev–Trinajstić information content (AvgIpc) is 3.33. The van der Waals surface area contributed by atoms with Crippen molar-refractivity contribution in [2.45, 2.75) is 44.2 Å². The van der Waals surface area contributed by atoms with Crippen LogP contribution in [-0.2, 0) is 65.5 Å². The summed E-state index contributed by atoms with van der Waals surface area (Å²) in [6.45, 7) is 0.502. The van der Waals surface area contributed by atoms with E-state index in [9.17, 15) is 92.7 Å². The Labute approximate surface area is 456 Å². The summed E-state index contributed by atoms with van der Waals surface area (Å²) in [4.78, 5) is 32.7. The van der Waals surface area contributed by atoms with Crippen molar-refractivity contribution >= 4 is 159 Å². The number of azo groups is 2. The third kappa shape index (κ3) is 20.2. The molecule has 0 radical (unpaired) electrons. The highest BCUT2D eigenvalue weighted by Crippen LogP contribution is 2.43. The lowest BCUT2D eigenvalue weighted by Gasteiger charge is -2.15. The zero-order valence-electron chi connectivity index (χ0n) is 39.7. The second kappa shape index (κ2) is 25.6. The first-order chi connectivity index (χ1) is 36.4. The molecule has 0 saturated carbocycles. The molecule has 12 N–H and O–H groups in total. The number of carbonyl (C=O) groups is 1. The second-order valence-electron chi connectivity index (χ2n) is 15.6. The maximum atomic E-state index is 12.5. The first-order valence-corrected chi connectivity index (χ1v) is 32.3. The molecule has 0 spiro atoms. The molecule has 79 heavy (non-hydrogen) atoms. The van der Waals surface area contributed by atoms with Gasteiger partial charge >= 0.3 is 0 Å². The molecule has 0 aliphatic rings. The van der Waals surface area contributed by atoms with Crippen LogP contribution >= 0.6 is 23.5 Å². The largest absolute Gasteiger partial charge is 0.398 e. The van der Waals surface area contributed by atoms with E-state index in [0.717, 1.165) is 42.6 Å². The van der Waals surface area contributed by atoms with Crippen LogP contribution in [0.15, 0.2) is 106 Å². The molecule has 34 nitrogen and oxygen atoms in total. The van der Waals surface area contributed by atoms with Gasteiger partial charge in [0.2, 0.25) is 23.8 Å². The molecular weight excluding hydrogens is 1220 g/mol. The van der Waals surface area contributed by atoms with Crippen LogP contribution in [0.5, 0.6) is 0 Å². The Hall–Kier alpha value is -6.68. The van der Waals surface area contributed by atoms with Crippen LogP contribution < -0.4 is 27.0 Å². The number of anilines is 7. The molecule has 42 heteroatoms. The number of non-ortho nitro benzene ring substituents is 1. The zero-order chi connectivity index (χ0) is 58.9. The summed E-state index contributed by atoms with van der Waals surface area (Å²) in [6, 6.07) is 8.98. The molecule has 5 rings (SSSR count).